The maximum atomic E-state index is 3.63. The first-order valence-electron chi connectivity index (χ1n) is 30.5. The summed E-state index contributed by atoms with van der Waals surface area (Å²) in [5.41, 5.74) is 27.9. The van der Waals surface area contributed by atoms with Crippen LogP contribution in [0.2, 0.25) is 0 Å². The molecule has 0 aliphatic rings. The molecular formula is C85H60N4. The van der Waals surface area contributed by atoms with Crippen molar-refractivity contribution >= 4 is 72.0 Å². The van der Waals surface area contributed by atoms with Crippen molar-refractivity contribution in [3.8, 4) is 78.1 Å². The van der Waals surface area contributed by atoms with Gasteiger partial charge in [0.1, 0.15) is 0 Å². The van der Waals surface area contributed by atoms with Crippen LogP contribution in [0.15, 0.2) is 340 Å². The molecule has 420 valence electrons. The lowest BCUT2D eigenvalue weighted by atomic mass is 9.94. The predicted octanol–water partition coefficient (Wildman–Crippen LogP) is 23.4. The molecule has 0 atom stereocenters. The van der Waals surface area contributed by atoms with Crippen molar-refractivity contribution in [2.45, 2.75) is 6.92 Å². The van der Waals surface area contributed by atoms with Crippen molar-refractivity contribution in [1.82, 2.24) is 9.13 Å². The normalized spacial score (nSPS) is 11.4. The van der Waals surface area contributed by atoms with E-state index in [2.05, 4.69) is 360 Å². The Balaban J connectivity index is 0.686. The van der Waals surface area contributed by atoms with E-state index in [1.807, 2.05) is 6.07 Å². The smallest absolute Gasteiger partial charge is 0.0541 e. The molecule has 16 aromatic rings. The summed E-state index contributed by atoms with van der Waals surface area (Å²) in [7, 11) is 0. The van der Waals surface area contributed by atoms with Gasteiger partial charge < -0.3 is 19.4 Å². The summed E-state index contributed by atoms with van der Waals surface area (Å²) in [5, 5.41) is 8.66. The Morgan fingerprint density at radius 3 is 1.07 bits per heavy atom. The molecule has 0 aliphatic carbocycles. The monoisotopic (exact) mass is 1140 g/mol. The van der Waals surface area contributed by atoms with E-state index in [1.165, 1.54) is 99.2 Å². The SMILES string of the molecule is Cc1cc(-c2ccc(-c3ccc(N(c4ccc(-c5ccc(-c6ccc7c(c6)c6ccccc6n7-c6ccccc6)cc5)cc4)c4ccc(-c5ccc(-n6c7ccccc7c7ccccc76)cc5)cc4)cc3)cc2)ccc1-c1ccccc1Nc1ccccc1. The highest BCUT2D eigenvalue weighted by Gasteiger charge is 2.18. The number of hydrogen-bond donors (Lipinski definition) is 1. The van der Waals surface area contributed by atoms with Crippen molar-refractivity contribution in [2.24, 2.45) is 0 Å². The van der Waals surface area contributed by atoms with Gasteiger partial charge in [-0.15, -0.1) is 0 Å². The van der Waals surface area contributed by atoms with Gasteiger partial charge in [-0.05, 0) is 183 Å². The van der Waals surface area contributed by atoms with Crippen molar-refractivity contribution in [1.29, 1.82) is 0 Å². The van der Waals surface area contributed by atoms with Crippen LogP contribution in [-0.2, 0) is 0 Å². The van der Waals surface area contributed by atoms with E-state index in [-0.39, 0.29) is 0 Å². The van der Waals surface area contributed by atoms with Crippen LogP contribution >= 0.6 is 0 Å². The molecule has 0 saturated carbocycles. The molecule has 4 nitrogen and oxygen atoms in total. The van der Waals surface area contributed by atoms with Crippen LogP contribution in [0.5, 0.6) is 0 Å². The first-order chi connectivity index (χ1) is 44.0. The summed E-state index contributed by atoms with van der Waals surface area (Å²) in [6.07, 6.45) is 0. The largest absolute Gasteiger partial charge is 0.355 e. The third-order valence-corrected chi connectivity index (χ3v) is 17.7. The quantitative estimate of drug-likeness (QED) is 0.124. The van der Waals surface area contributed by atoms with Crippen molar-refractivity contribution in [2.75, 3.05) is 10.2 Å². The van der Waals surface area contributed by atoms with Crippen LogP contribution in [-0.4, -0.2) is 9.13 Å². The number of rotatable bonds is 13. The Labute approximate surface area is 518 Å². The molecule has 1 N–H and O–H groups in total. The van der Waals surface area contributed by atoms with E-state index in [4.69, 9.17) is 0 Å². The number of aromatic nitrogens is 2. The zero-order valence-corrected chi connectivity index (χ0v) is 49.2. The zero-order chi connectivity index (χ0) is 59.2. The minimum Gasteiger partial charge on any atom is -0.355 e. The first-order valence-corrected chi connectivity index (χ1v) is 30.5. The fourth-order valence-corrected chi connectivity index (χ4v) is 13.2. The Morgan fingerprint density at radius 2 is 0.584 bits per heavy atom. The van der Waals surface area contributed by atoms with Crippen LogP contribution < -0.4 is 10.2 Å². The molecule has 16 rings (SSSR count). The van der Waals surface area contributed by atoms with Gasteiger partial charge in [0, 0.05) is 66.9 Å². The highest BCUT2D eigenvalue weighted by Crippen LogP contribution is 2.41. The third-order valence-electron chi connectivity index (χ3n) is 17.7. The van der Waals surface area contributed by atoms with E-state index in [0.717, 1.165) is 56.5 Å². The Kier molecular flexibility index (Phi) is 13.4. The van der Waals surface area contributed by atoms with Crippen LogP contribution in [0.3, 0.4) is 0 Å². The van der Waals surface area contributed by atoms with E-state index < -0.39 is 0 Å². The molecule has 2 heterocycles. The molecule has 0 unspecified atom stereocenters. The van der Waals surface area contributed by atoms with Crippen LogP contribution in [0.25, 0.3) is 122 Å². The summed E-state index contributed by atoms with van der Waals surface area (Å²) >= 11 is 0. The summed E-state index contributed by atoms with van der Waals surface area (Å²) < 4.78 is 4.74. The summed E-state index contributed by atoms with van der Waals surface area (Å²) in [6, 6.07) is 123. The number of nitrogens with one attached hydrogen (secondary N) is 1. The van der Waals surface area contributed by atoms with E-state index >= 15 is 0 Å². The molecule has 0 saturated heterocycles. The number of fused-ring (bicyclic) bond motifs is 6. The van der Waals surface area contributed by atoms with E-state index in [9.17, 15) is 0 Å². The molecule has 2 aromatic heterocycles. The number of aryl methyl sites for hydroxylation is 1. The topological polar surface area (TPSA) is 25.1 Å². The van der Waals surface area contributed by atoms with E-state index in [1.54, 1.807) is 0 Å². The minimum absolute atomic E-state index is 1.07. The molecule has 0 fully saturated rings. The molecule has 14 aromatic carbocycles. The average molecular weight is 1140 g/mol. The predicted molar refractivity (Wildman–Crippen MR) is 377 cm³/mol. The van der Waals surface area contributed by atoms with Crippen LogP contribution in [0, 0.1) is 6.92 Å². The van der Waals surface area contributed by atoms with Crippen LogP contribution in [0.4, 0.5) is 28.4 Å². The fourth-order valence-electron chi connectivity index (χ4n) is 13.2. The maximum Gasteiger partial charge on any atom is 0.0541 e. The third kappa shape index (κ3) is 9.89. The Bertz CT molecular complexity index is 5160. The van der Waals surface area contributed by atoms with Gasteiger partial charge in [-0.3, -0.25) is 0 Å². The second kappa shape index (κ2) is 22.6. The lowest BCUT2D eigenvalue weighted by Gasteiger charge is -2.26. The van der Waals surface area contributed by atoms with Crippen molar-refractivity contribution in [3.05, 3.63) is 345 Å². The molecule has 89 heavy (non-hydrogen) atoms. The Morgan fingerprint density at radius 1 is 0.247 bits per heavy atom. The van der Waals surface area contributed by atoms with Gasteiger partial charge in [0.05, 0.1) is 22.1 Å². The minimum atomic E-state index is 1.07. The summed E-state index contributed by atoms with van der Waals surface area (Å²) in [5.74, 6) is 0. The lowest BCUT2D eigenvalue weighted by molar-refractivity contribution is 1.18. The van der Waals surface area contributed by atoms with Gasteiger partial charge in [-0.25, -0.2) is 0 Å². The molecule has 0 bridgehead atoms. The highest BCUT2D eigenvalue weighted by molar-refractivity contribution is 6.11. The van der Waals surface area contributed by atoms with Gasteiger partial charge in [0.25, 0.3) is 0 Å². The standard InChI is InChI=1S/C85H60N4/c1-58-56-67(44-54-75(58)76-20-8-12-24-81(76)86-69-16-4-2-5-17-69)65-32-28-59(29-33-65)61-36-46-71(47-37-61)87(73-50-40-63(41-51-73)64-42-52-74(53-43-64)89-82-25-13-9-21-77(82)78-22-10-14-26-83(78)89)72-48-38-62(39-49-72)60-30-34-66(35-31-60)68-45-55-85-80(57-68)79-23-11-15-27-84(79)88(85)70-18-6-3-7-19-70/h2-57,86H,1H3. The molecule has 4 heteroatoms. The average Bonchev–Trinajstić information content (AvgIpc) is 1.77. The Hall–Kier alpha value is -11.7. The number of hydrogen-bond acceptors (Lipinski definition) is 2. The zero-order valence-electron chi connectivity index (χ0n) is 49.2. The van der Waals surface area contributed by atoms with Gasteiger partial charge >= 0.3 is 0 Å². The van der Waals surface area contributed by atoms with Gasteiger partial charge in [-0.1, -0.05) is 231 Å². The molecule has 0 aliphatic heterocycles. The van der Waals surface area contributed by atoms with Crippen LogP contribution in [0.1, 0.15) is 5.56 Å². The number of para-hydroxylation sites is 6. The van der Waals surface area contributed by atoms with Gasteiger partial charge in [0.2, 0.25) is 0 Å². The summed E-state index contributed by atoms with van der Waals surface area (Å²) in [4.78, 5) is 2.36. The lowest BCUT2D eigenvalue weighted by Crippen LogP contribution is -2.09. The van der Waals surface area contributed by atoms with Crippen molar-refractivity contribution in [3.63, 3.8) is 0 Å². The fraction of sp³-hybridized carbons (Fsp3) is 0.0118. The summed E-state index contributed by atoms with van der Waals surface area (Å²) in [6.45, 7) is 2.21. The number of anilines is 5. The first kappa shape index (κ1) is 52.8. The molecule has 0 spiro atoms. The van der Waals surface area contributed by atoms with Gasteiger partial charge in [-0.2, -0.15) is 0 Å². The molecule has 0 amide bonds. The molecule has 0 radical (unpaired) electrons. The highest BCUT2D eigenvalue weighted by atomic mass is 15.1. The number of benzene rings is 14. The maximum absolute atomic E-state index is 3.63. The number of nitrogens with zero attached hydrogens (tertiary/aromatic N) is 3. The second-order valence-electron chi connectivity index (χ2n) is 23.0. The van der Waals surface area contributed by atoms with E-state index in [0.29, 0.717) is 0 Å². The van der Waals surface area contributed by atoms with Gasteiger partial charge in [0.15, 0.2) is 0 Å². The second-order valence-corrected chi connectivity index (χ2v) is 23.0. The molecular weight excluding hydrogens is 1080 g/mol. The van der Waals surface area contributed by atoms with Crippen molar-refractivity contribution < 1.29 is 0 Å².